The number of nitrogens with zero attached hydrogens (tertiary/aromatic N) is 3. The minimum atomic E-state index is -0.254. The summed E-state index contributed by atoms with van der Waals surface area (Å²) in [5, 5.41) is 10.3. The molecule has 4 rings (SSSR count). The van der Waals surface area contributed by atoms with Gasteiger partial charge in [-0.25, -0.2) is 8.78 Å². The average Bonchev–Trinajstić information content (AvgIpc) is 2.72. The van der Waals surface area contributed by atoms with Gasteiger partial charge in [0.05, 0.1) is 11.2 Å². The molecule has 3 aromatic rings. The maximum atomic E-state index is 13.4. The molecule has 1 aromatic heterocycles. The maximum Gasteiger partial charge on any atom is 0.123 e. The van der Waals surface area contributed by atoms with Crippen LogP contribution in [0.2, 0.25) is 0 Å². The molecule has 0 amide bonds. The van der Waals surface area contributed by atoms with Crippen molar-refractivity contribution in [1.82, 2.24) is 14.8 Å². The van der Waals surface area contributed by atoms with Gasteiger partial charge in [-0.1, -0.05) is 18.2 Å². The van der Waals surface area contributed by atoms with Crippen molar-refractivity contribution in [2.75, 3.05) is 26.2 Å². The minimum Gasteiger partial charge on any atom is -0.396 e. The number of halogens is 2. The Morgan fingerprint density at radius 1 is 0.931 bits per heavy atom. The maximum absolute atomic E-state index is 13.4. The summed E-state index contributed by atoms with van der Waals surface area (Å²) < 4.78 is 26.5. The van der Waals surface area contributed by atoms with Crippen molar-refractivity contribution < 1.29 is 13.9 Å². The zero-order valence-corrected chi connectivity index (χ0v) is 16.3. The van der Waals surface area contributed by atoms with Crippen LogP contribution in [0.3, 0.4) is 0 Å². The summed E-state index contributed by atoms with van der Waals surface area (Å²) in [6.45, 7) is 4.22. The van der Waals surface area contributed by atoms with Gasteiger partial charge in [-0.2, -0.15) is 0 Å². The molecular weight excluding hydrogens is 372 g/mol. The fraction of sp³-hybridized carbons (Fsp3) is 0.348. The predicted molar refractivity (Wildman–Crippen MR) is 109 cm³/mol. The summed E-state index contributed by atoms with van der Waals surface area (Å²) in [6.07, 6.45) is 0.697. The van der Waals surface area contributed by atoms with Gasteiger partial charge < -0.3 is 5.11 Å². The number of pyridine rings is 1. The number of piperazine rings is 1. The molecule has 1 N–H and O–H groups in total. The van der Waals surface area contributed by atoms with Gasteiger partial charge in [-0.05, 0) is 48.4 Å². The van der Waals surface area contributed by atoms with Crippen LogP contribution in [0, 0.1) is 11.6 Å². The van der Waals surface area contributed by atoms with Crippen LogP contribution in [0.15, 0.2) is 54.6 Å². The lowest BCUT2D eigenvalue weighted by molar-refractivity contribution is 0.0494. The van der Waals surface area contributed by atoms with E-state index in [1.807, 2.05) is 24.3 Å². The van der Waals surface area contributed by atoms with Crippen LogP contribution in [0.1, 0.15) is 17.7 Å². The van der Waals surface area contributed by atoms with Crippen molar-refractivity contribution in [3.8, 4) is 0 Å². The SMILES string of the molecule is OCCC1CN(Cc2ccc3cc(F)ccc3n2)CCN1Cc1ccc(F)cc1. The average molecular weight is 397 g/mol. The van der Waals surface area contributed by atoms with E-state index in [9.17, 15) is 13.9 Å². The molecule has 4 nitrogen and oxygen atoms in total. The van der Waals surface area contributed by atoms with Crippen LogP contribution >= 0.6 is 0 Å². The largest absolute Gasteiger partial charge is 0.396 e. The van der Waals surface area contributed by atoms with Gasteiger partial charge in [0.1, 0.15) is 11.6 Å². The first-order chi connectivity index (χ1) is 14.1. The number of rotatable bonds is 6. The second-order valence-corrected chi connectivity index (χ2v) is 7.64. The Morgan fingerprint density at radius 3 is 2.52 bits per heavy atom. The van der Waals surface area contributed by atoms with Crippen LogP contribution in [-0.4, -0.2) is 52.2 Å². The third-order valence-corrected chi connectivity index (χ3v) is 5.54. The normalized spacial score (nSPS) is 18.4. The van der Waals surface area contributed by atoms with Crippen LogP contribution in [0.4, 0.5) is 8.78 Å². The number of aliphatic hydroxyl groups is 1. The summed E-state index contributed by atoms with van der Waals surface area (Å²) in [5.41, 5.74) is 2.83. The molecule has 1 aliphatic rings. The number of benzene rings is 2. The molecule has 1 atom stereocenters. The molecular formula is C23H25F2N3O. The van der Waals surface area contributed by atoms with Gasteiger partial charge in [0.15, 0.2) is 0 Å². The molecule has 0 bridgehead atoms. The third kappa shape index (κ3) is 4.96. The van der Waals surface area contributed by atoms with Crippen LogP contribution in [0.5, 0.6) is 0 Å². The van der Waals surface area contributed by atoms with Crippen molar-refractivity contribution >= 4 is 10.9 Å². The van der Waals surface area contributed by atoms with Gasteiger partial charge in [-0.3, -0.25) is 14.8 Å². The van der Waals surface area contributed by atoms with Gasteiger partial charge in [0.2, 0.25) is 0 Å². The van der Waals surface area contributed by atoms with E-state index in [1.54, 1.807) is 6.07 Å². The first-order valence-corrected chi connectivity index (χ1v) is 9.97. The quantitative estimate of drug-likeness (QED) is 0.690. The molecule has 1 fully saturated rings. The molecule has 2 aromatic carbocycles. The Morgan fingerprint density at radius 2 is 1.72 bits per heavy atom. The Balaban J connectivity index is 1.42. The Labute approximate surface area is 169 Å². The lowest BCUT2D eigenvalue weighted by Gasteiger charge is -2.41. The molecule has 0 aliphatic carbocycles. The Bertz CT molecular complexity index is 964. The van der Waals surface area contributed by atoms with Gasteiger partial charge in [0.25, 0.3) is 0 Å². The fourth-order valence-electron chi connectivity index (χ4n) is 4.01. The van der Waals surface area contributed by atoms with E-state index in [0.29, 0.717) is 6.42 Å². The summed E-state index contributed by atoms with van der Waals surface area (Å²) >= 11 is 0. The van der Waals surface area contributed by atoms with E-state index in [1.165, 1.54) is 24.3 Å². The highest BCUT2D eigenvalue weighted by molar-refractivity contribution is 5.78. The minimum absolute atomic E-state index is 0.137. The van der Waals surface area contributed by atoms with Gasteiger partial charge in [0, 0.05) is 50.8 Å². The molecule has 2 heterocycles. The van der Waals surface area contributed by atoms with E-state index >= 15 is 0 Å². The molecule has 29 heavy (non-hydrogen) atoms. The first-order valence-electron chi connectivity index (χ1n) is 9.97. The van der Waals surface area contributed by atoms with Crippen molar-refractivity contribution in [1.29, 1.82) is 0 Å². The standard InChI is InChI=1S/C23H25F2N3O/c24-19-4-1-17(2-5-19)14-28-11-10-27(16-22(28)9-12-29)15-21-7-3-18-13-20(25)6-8-23(18)26-21/h1-8,13,22,29H,9-12,14-16H2. The molecule has 1 saturated heterocycles. The molecule has 0 radical (unpaired) electrons. The van der Waals surface area contributed by atoms with E-state index in [-0.39, 0.29) is 24.3 Å². The molecule has 0 saturated carbocycles. The lowest BCUT2D eigenvalue weighted by Crippen LogP contribution is -2.52. The van der Waals surface area contributed by atoms with Crippen molar-refractivity contribution in [2.45, 2.75) is 25.6 Å². The van der Waals surface area contributed by atoms with Crippen LogP contribution < -0.4 is 0 Å². The molecule has 1 aliphatic heterocycles. The Hall–Kier alpha value is -2.41. The monoisotopic (exact) mass is 397 g/mol. The van der Waals surface area contributed by atoms with Crippen LogP contribution in [-0.2, 0) is 13.1 Å². The number of aromatic nitrogens is 1. The second kappa shape index (κ2) is 8.95. The topological polar surface area (TPSA) is 39.6 Å². The smallest absolute Gasteiger partial charge is 0.123 e. The zero-order chi connectivity index (χ0) is 20.2. The highest BCUT2D eigenvalue weighted by Crippen LogP contribution is 2.20. The van der Waals surface area contributed by atoms with Crippen molar-refractivity contribution in [2.24, 2.45) is 0 Å². The van der Waals surface area contributed by atoms with Gasteiger partial charge in [-0.15, -0.1) is 0 Å². The first kappa shape index (κ1) is 19.9. The molecule has 1 unspecified atom stereocenters. The number of hydrogen-bond donors (Lipinski definition) is 1. The van der Waals surface area contributed by atoms with E-state index < -0.39 is 0 Å². The molecule has 152 valence electrons. The Kier molecular flexibility index (Phi) is 6.13. The summed E-state index contributed by atoms with van der Waals surface area (Å²) in [6, 6.07) is 15.4. The van der Waals surface area contributed by atoms with E-state index in [0.717, 1.165) is 54.9 Å². The lowest BCUT2D eigenvalue weighted by atomic mass is 10.1. The fourth-order valence-corrected chi connectivity index (χ4v) is 4.01. The summed E-state index contributed by atoms with van der Waals surface area (Å²) in [7, 11) is 0. The predicted octanol–water partition coefficient (Wildman–Crippen LogP) is 3.58. The molecule has 0 spiro atoms. The van der Waals surface area contributed by atoms with E-state index in [2.05, 4.69) is 14.8 Å². The highest BCUT2D eigenvalue weighted by Gasteiger charge is 2.26. The number of hydrogen-bond acceptors (Lipinski definition) is 4. The van der Waals surface area contributed by atoms with Crippen LogP contribution in [0.25, 0.3) is 10.9 Å². The highest BCUT2D eigenvalue weighted by atomic mass is 19.1. The third-order valence-electron chi connectivity index (χ3n) is 5.54. The zero-order valence-electron chi connectivity index (χ0n) is 16.3. The van der Waals surface area contributed by atoms with Crippen molar-refractivity contribution in [3.63, 3.8) is 0 Å². The summed E-state index contributed by atoms with van der Waals surface area (Å²) in [4.78, 5) is 9.37. The van der Waals surface area contributed by atoms with E-state index in [4.69, 9.17) is 0 Å². The molecule has 6 heteroatoms. The summed E-state index contributed by atoms with van der Waals surface area (Å²) in [5.74, 6) is -0.479. The van der Waals surface area contributed by atoms with Gasteiger partial charge >= 0.3 is 0 Å². The van der Waals surface area contributed by atoms with Crippen molar-refractivity contribution in [3.05, 3.63) is 77.5 Å². The number of aliphatic hydroxyl groups excluding tert-OH is 1. The number of fused-ring (bicyclic) bond motifs is 1. The second-order valence-electron chi connectivity index (χ2n) is 7.64.